The van der Waals surface area contributed by atoms with E-state index in [1.54, 1.807) is 0 Å². The molecule has 0 fully saturated rings. The van der Waals surface area contributed by atoms with E-state index in [0.717, 1.165) is 6.92 Å². The summed E-state index contributed by atoms with van der Waals surface area (Å²) in [5.41, 5.74) is -1.30. The maximum absolute atomic E-state index is 10.5. The highest BCUT2D eigenvalue weighted by Crippen LogP contribution is 2.10. The van der Waals surface area contributed by atoms with E-state index in [1.165, 1.54) is 6.92 Å². The zero-order valence-corrected chi connectivity index (χ0v) is 7.44. The van der Waals surface area contributed by atoms with Gasteiger partial charge in [0.25, 0.3) is 0 Å². The summed E-state index contributed by atoms with van der Waals surface area (Å²) in [5, 5.41) is 17.0. The summed E-state index contributed by atoms with van der Waals surface area (Å²) in [7, 11) is 0. The lowest BCUT2D eigenvalue weighted by molar-refractivity contribution is -0.165. The molecule has 0 aromatic heterocycles. The quantitative estimate of drug-likeness (QED) is 0.609. The van der Waals surface area contributed by atoms with E-state index in [-0.39, 0.29) is 0 Å². The van der Waals surface area contributed by atoms with Gasteiger partial charge in [0.2, 0.25) is 0 Å². The largest absolute Gasteiger partial charge is 0.505 e. The van der Waals surface area contributed by atoms with Crippen LogP contribution in [0.25, 0.3) is 0 Å². The summed E-state index contributed by atoms with van der Waals surface area (Å²) in [6.07, 6.45) is -1.48. The molecular weight excluding hydrogens is 180 g/mol. The SMILES string of the molecule is CC(=O)OC(C)(CO)COC(=O)O. The Kier molecular flexibility index (Phi) is 4.19. The number of aliphatic hydroxyl groups is 1. The standard InChI is InChI=1S/C7H12O6/c1-5(9)13-7(2,3-8)4-12-6(10)11/h8H,3-4H2,1-2H3,(H,10,11). The Morgan fingerprint density at radius 3 is 2.31 bits per heavy atom. The summed E-state index contributed by atoms with van der Waals surface area (Å²) < 4.78 is 8.84. The molecule has 0 aliphatic carbocycles. The van der Waals surface area contributed by atoms with E-state index in [1.807, 2.05) is 0 Å². The molecule has 13 heavy (non-hydrogen) atoms. The molecule has 0 aliphatic rings. The van der Waals surface area contributed by atoms with Crippen molar-refractivity contribution in [3.8, 4) is 0 Å². The molecule has 0 aromatic rings. The molecule has 0 spiro atoms. The smallest absolute Gasteiger partial charge is 0.453 e. The molecule has 0 amide bonds. The number of aliphatic hydroxyl groups excluding tert-OH is 1. The minimum atomic E-state index is -1.48. The van der Waals surface area contributed by atoms with Crippen LogP contribution in [0.5, 0.6) is 0 Å². The lowest BCUT2D eigenvalue weighted by Gasteiger charge is -2.25. The molecular formula is C7H12O6. The predicted molar refractivity (Wildman–Crippen MR) is 41.2 cm³/mol. The van der Waals surface area contributed by atoms with Crippen molar-refractivity contribution in [3.05, 3.63) is 0 Å². The van der Waals surface area contributed by atoms with Gasteiger partial charge in [-0.15, -0.1) is 0 Å². The fraction of sp³-hybridized carbons (Fsp3) is 0.714. The van der Waals surface area contributed by atoms with Crippen molar-refractivity contribution in [1.82, 2.24) is 0 Å². The maximum atomic E-state index is 10.5. The van der Waals surface area contributed by atoms with Gasteiger partial charge in [0.05, 0.1) is 6.61 Å². The second-order valence-electron chi connectivity index (χ2n) is 2.76. The zero-order chi connectivity index (χ0) is 10.5. The van der Waals surface area contributed by atoms with Crippen molar-refractivity contribution in [2.75, 3.05) is 13.2 Å². The Hall–Kier alpha value is -1.30. The van der Waals surface area contributed by atoms with Crippen LogP contribution in [0, 0.1) is 0 Å². The molecule has 0 radical (unpaired) electrons. The lowest BCUT2D eigenvalue weighted by atomic mass is 10.1. The number of carbonyl (C=O) groups excluding carboxylic acids is 1. The highest BCUT2D eigenvalue weighted by atomic mass is 16.7. The summed E-state index contributed by atoms with van der Waals surface area (Å²) in [6.45, 7) is 1.64. The normalized spacial score (nSPS) is 14.4. The number of rotatable bonds is 4. The Morgan fingerprint density at radius 2 is 2.00 bits per heavy atom. The van der Waals surface area contributed by atoms with Crippen LogP contribution in [0.4, 0.5) is 4.79 Å². The first-order chi connectivity index (χ1) is 5.89. The van der Waals surface area contributed by atoms with Gasteiger partial charge in [-0.3, -0.25) is 4.79 Å². The second kappa shape index (κ2) is 4.66. The minimum Gasteiger partial charge on any atom is -0.453 e. The summed E-state index contributed by atoms with van der Waals surface area (Å²) in [4.78, 5) is 20.5. The average Bonchev–Trinajstić information content (AvgIpc) is 2.00. The van der Waals surface area contributed by atoms with Crippen LogP contribution in [0.15, 0.2) is 0 Å². The van der Waals surface area contributed by atoms with Crippen molar-refractivity contribution in [1.29, 1.82) is 0 Å². The molecule has 0 heterocycles. The number of hydrogen-bond acceptors (Lipinski definition) is 5. The van der Waals surface area contributed by atoms with Crippen LogP contribution in [0.3, 0.4) is 0 Å². The van der Waals surface area contributed by atoms with Gasteiger partial charge in [-0.25, -0.2) is 4.79 Å². The van der Waals surface area contributed by atoms with E-state index in [0.29, 0.717) is 0 Å². The van der Waals surface area contributed by atoms with E-state index in [4.69, 9.17) is 10.2 Å². The molecule has 6 heteroatoms. The second-order valence-corrected chi connectivity index (χ2v) is 2.76. The molecule has 2 N–H and O–H groups in total. The first kappa shape index (κ1) is 11.7. The zero-order valence-electron chi connectivity index (χ0n) is 7.44. The summed E-state index contributed by atoms with van der Waals surface area (Å²) >= 11 is 0. The van der Waals surface area contributed by atoms with Gasteiger partial charge in [0.15, 0.2) is 5.60 Å². The molecule has 0 saturated heterocycles. The first-order valence-corrected chi connectivity index (χ1v) is 3.56. The molecule has 6 nitrogen and oxygen atoms in total. The molecule has 76 valence electrons. The number of esters is 1. The van der Waals surface area contributed by atoms with E-state index < -0.39 is 30.9 Å². The van der Waals surface area contributed by atoms with E-state index >= 15 is 0 Å². The van der Waals surface area contributed by atoms with Gasteiger partial charge in [0.1, 0.15) is 6.61 Å². The van der Waals surface area contributed by atoms with Crippen LogP contribution in [-0.2, 0) is 14.3 Å². The van der Waals surface area contributed by atoms with Crippen molar-refractivity contribution >= 4 is 12.1 Å². The molecule has 1 atom stereocenters. The third-order valence-electron chi connectivity index (χ3n) is 1.23. The third kappa shape index (κ3) is 5.02. The highest BCUT2D eigenvalue weighted by Gasteiger charge is 2.28. The number of ether oxygens (including phenoxy) is 2. The molecule has 1 unspecified atom stereocenters. The monoisotopic (exact) mass is 192 g/mol. The Morgan fingerprint density at radius 1 is 1.46 bits per heavy atom. The Bertz CT molecular complexity index is 201. The van der Waals surface area contributed by atoms with E-state index in [2.05, 4.69) is 9.47 Å². The Balaban J connectivity index is 4.10. The number of hydrogen-bond donors (Lipinski definition) is 2. The first-order valence-electron chi connectivity index (χ1n) is 3.56. The van der Waals surface area contributed by atoms with Crippen molar-refractivity contribution in [2.24, 2.45) is 0 Å². The minimum absolute atomic E-state index is 0.390. The fourth-order valence-corrected chi connectivity index (χ4v) is 0.669. The maximum Gasteiger partial charge on any atom is 0.505 e. The van der Waals surface area contributed by atoms with Gasteiger partial charge in [-0.2, -0.15) is 0 Å². The van der Waals surface area contributed by atoms with Crippen molar-refractivity contribution in [2.45, 2.75) is 19.4 Å². The average molecular weight is 192 g/mol. The van der Waals surface area contributed by atoms with Crippen LogP contribution < -0.4 is 0 Å². The highest BCUT2D eigenvalue weighted by molar-refractivity contribution is 5.66. The molecule has 0 bridgehead atoms. The van der Waals surface area contributed by atoms with Gasteiger partial charge in [-0.1, -0.05) is 0 Å². The van der Waals surface area contributed by atoms with Gasteiger partial charge in [0, 0.05) is 6.92 Å². The number of carbonyl (C=O) groups is 2. The van der Waals surface area contributed by atoms with Crippen LogP contribution in [0.2, 0.25) is 0 Å². The van der Waals surface area contributed by atoms with Crippen molar-refractivity contribution in [3.63, 3.8) is 0 Å². The molecule has 0 aromatic carbocycles. The van der Waals surface area contributed by atoms with Gasteiger partial charge < -0.3 is 19.7 Å². The summed E-state index contributed by atoms with van der Waals surface area (Å²) in [5.74, 6) is -0.606. The molecule has 0 rings (SSSR count). The van der Waals surface area contributed by atoms with Gasteiger partial charge >= 0.3 is 12.1 Å². The third-order valence-corrected chi connectivity index (χ3v) is 1.23. The topological polar surface area (TPSA) is 93.1 Å². The van der Waals surface area contributed by atoms with Crippen molar-refractivity contribution < 1.29 is 29.3 Å². The van der Waals surface area contributed by atoms with Gasteiger partial charge in [-0.05, 0) is 6.92 Å². The molecule has 0 saturated carbocycles. The summed E-state index contributed by atoms with van der Waals surface area (Å²) in [6, 6.07) is 0. The molecule has 0 aliphatic heterocycles. The predicted octanol–water partition coefficient (Wildman–Crippen LogP) is -0.00490. The lowest BCUT2D eigenvalue weighted by Crippen LogP contribution is -2.40. The number of carboxylic acid groups (broad SMARTS) is 1. The van der Waals surface area contributed by atoms with E-state index in [9.17, 15) is 9.59 Å². The van der Waals surface area contributed by atoms with Crippen LogP contribution in [-0.4, -0.2) is 41.2 Å². The Labute approximate surface area is 75.1 Å². The van der Waals surface area contributed by atoms with Crippen LogP contribution in [0.1, 0.15) is 13.8 Å². The van der Waals surface area contributed by atoms with Crippen LogP contribution >= 0.6 is 0 Å². The fourth-order valence-electron chi connectivity index (χ4n) is 0.669.